The standard InChI is InChI=1S/C16H22O3/c1-11(12-6-8-13(18-5)9-7-12)19-14(17)16(4)10-15(16,2)3/h6-9,11H,10H2,1-5H3. The molecule has 0 aromatic heterocycles. The van der Waals surface area contributed by atoms with E-state index in [1.54, 1.807) is 7.11 Å². The Balaban J connectivity index is 2.01. The number of carbonyl (C=O) groups excluding carboxylic acids is 1. The van der Waals surface area contributed by atoms with Crippen molar-refractivity contribution < 1.29 is 14.3 Å². The van der Waals surface area contributed by atoms with Crippen molar-refractivity contribution in [3.05, 3.63) is 29.8 Å². The predicted octanol–water partition coefficient (Wildman–Crippen LogP) is 3.74. The number of benzene rings is 1. The predicted molar refractivity (Wildman–Crippen MR) is 74.0 cm³/mol. The third-order valence-corrected chi connectivity index (χ3v) is 4.48. The van der Waals surface area contributed by atoms with Gasteiger partial charge in [0.05, 0.1) is 12.5 Å². The Labute approximate surface area is 114 Å². The Kier molecular flexibility index (Phi) is 3.33. The van der Waals surface area contributed by atoms with Crippen LogP contribution in [0.2, 0.25) is 0 Å². The quantitative estimate of drug-likeness (QED) is 0.775. The van der Waals surface area contributed by atoms with Crippen LogP contribution in [-0.4, -0.2) is 13.1 Å². The maximum Gasteiger partial charge on any atom is 0.312 e. The molecule has 0 saturated heterocycles. The van der Waals surface area contributed by atoms with Crippen LogP contribution < -0.4 is 4.74 Å². The van der Waals surface area contributed by atoms with Crippen LogP contribution in [0.5, 0.6) is 5.75 Å². The van der Waals surface area contributed by atoms with E-state index in [-0.39, 0.29) is 22.9 Å². The molecule has 0 amide bonds. The largest absolute Gasteiger partial charge is 0.497 e. The lowest BCUT2D eigenvalue weighted by molar-refractivity contribution is -0.156. The Bertz CT molecular complexity index is 475. The molecule has 3 heteroatoms. The molecular weight excluding hydrogens is 240 g/mol. The summed E-state index contributed by atoms with van der Waals surface area (Å²) >= 11 is 0. The first kappa shape index (κ1) is 13.9. The number of ether oxygens (including phenoxy) is 2. The van der Waals surface area contributed by atoms with Crippen molar-refractivity contribution in [3.63, 3.8) is 0 Å². The lowest BCUT2D eigenvalue weighted by Gasteiger charge is -2.19. The highest BCUT2D eigenvalue weighted by molar-refractivity contribution is 5.81. The number of esters is 1. The summed E-state index contributed by atoms with van der Waals surface area (Å²) in [5.74, 6) is 0.707. The molecule has 0 radical (unpaired) electrons. The lowest BCUT2D eigenvalue weighted by Crippen LogP contribution is -2.22. The number of methoxy groups -OCH3 is 1. The molecule has 2 atom stereocenters. The molecule has 3 nitrogen and oxygen atoms in total. The van der Waals surface area contributed by atoms with E-state index in [1.807, 2.05) is 38.1 Å². The molecule has 0 bridgehead atoms. The van der Waals surface area contributed by atoms with Crippen molar-refractivity contribution in [2.75, 3.05) is 7.11 Å². The van der Waals surface area contributed by atoms with Gasteiger partial charge in [-0.05, 0) is 43.4 Å². The molecule has 1 fully saturated rings. The normalized spacial score (nSPS) is 25.5. The molecule has 0 spiro atoms. The van der Waals surface area contributed by atoms with Gasteiger partial charge in [0, 0.05) is 0 Å². The van der Waals surface area contributed by atoms with Crippen LogP contribution in [-0.2, 0) is 9.53 Å². The molecular formula is C16H22O3. The fraction of sp³-hybridized carbons (Fsp3) is 0.562. The van der Waals surface area contributed by atoms with Gasteiger partial charge in [-0.15, -0.1) is 0 Å². The summed E-state index contributed by atoms with van der Waals surface area (Å²) in [5.41, 5.74) is 0.716. The zero-order chi connectivity index (χ0) is 14.3. The summed E-state index contributed by atoms with van der Waals surface area (Å²) in [6, 6.07) is 7.61. The molecule has 0 heterocycles. The van der Waals surface area contributed by atoms with E-state index in [0.29, 0.717) is 0 Å². The van der Waals surface area contributed by atoms with Crippen LogP contribution in [0, 0.1) is 10.8 Å². The maximum atomic E-state index is 12.2. The molecule has 19 heavy (non-hydrogen) atoms. The fourth-order valence-corrected chi connectivity index (χ4v) is 2.42. The minimum absolute atomic E-state index is 0.0592. The average molecular weight is 262 g/mol. The molecule has 104 valence electrons. The van der Waals surface area contributed by atoms with E-state index in [1.165, 1.54) is 0 Å². The monoisotopic (exact) mass is 262 g/mol. The molecule has 2 rings (SSSR count). The first-order valence-electron chi connectivity index (χ1n) is 6.65. The van der Waals surface area contributed by atoms with E-state index in [2.05, 4.69) is 13.8 Å². The Morgan fingerprint density at radius 1 is 1.21 bits per heavy atom. The SMILES string of the molecule is COc1ccc(C(C)OC(=O)C2(C)CC2(C)C)cc1. The number of hydrogen-bond acceptors (Lipinski definition) is 3. The highest BCUT2D eigenvalue weighted by atomic mass is 16.5. The van der Waals surface area contributed by atoms with Gasteiger partial charge < -0.3 is 9.47 Å². The maximum absolute atomic E-state index is 12.2. The van der Waals surface area contributed by atoms with Gasteiger partial charge in [-0.3, -0.25) is 4.79 Å². The van der Waals surface area contributed by atoms with E-state index >= 15 is 0 Å². The number of carbonyl (C=O) groups is 1. The van der Waals surface area contributed by atoms with Gasteiger partial charge in [-0.2, -0.15) is 0 Å². The second kappa shape index (κ2) is 4.55. The summed E-state index contributed by atoms with van der Waals surface area (Å²) in [6.07, 6.45) is 0.667. The minimum Gasteiger partial charge on any atom is -0.497 e. The first-order chi connectivity index (χ1) is 8.80. The van der Waals surface area contributed by atoms with Crippen molar-refractivity contribution in [1.82, 2.24) is 0 Å². The summed E-state index contributed by atoms with van der Waals surface area (Å²) in [7, 11) is 1.63. The van der Waals surface area contributed by atoms with Gasteiger partial charge in [0.15, 0.2) is 0 Å². The van der Waals surface area contributed by atoms with Crippen molar-refractivity contribution in [2.24, 2.45) is 10.8 Å². The molecule has 0 aliphatic heterocycles. The van der Waals surface area contributed by atoms with Gasteiger partial charge >= 0.3 is 5.97 Å². The third kappa shape index (κ3) is 2.46. The van der Waals surface area contributed by atoms with Crippen LogP contribution in [0.3, 0.4) is 0 Å². The van der Waals surface area contributed by atoms with Gasteiger partial charge in [0.25, 0.3) is 0 Å². The van der Waals surface area contributed by atoms with E-state index in [4.69, 9.17) is 9.47 Å². The van der Waals surface area contributed by atoms with Crippen LogP contribution in [0.15, 0.2) is 24.3 Å². The molecule has 1 aromatic rings. The van der Waals surface area contributed by atoms with E-state index < -0.39 is 0 Å². The molecule has 1 aliphatic carbocycles. The van der Waals surface area contributed by atoms with Gasteiger partial charge in [-0.1, -0.05) is 26.0 Å². The van der Waals surface area contributed by atoms with Gasteiger partial charge in [0.2, 0.25) is 0 Å². The highest BCUT2D eigenvalue weighted by Gasteiger charge is 2.64. The smallest absolute Gasteiger partial charge is 0.312 e. The topological polar surface area (TPSA) is 35.5 Å². The molecule has 0 N–H and O–H groups in total. The zero-order valence-electron chi connectivity index (χ0n) is 12.3. The van der Waals surface area contributed by atoms with E-state index in [9.17, 15) is 4.79 Å². The number of rotatable bonds is 4. The van der Waals surface area contributed by atoms with E-state index in [0.717, 1.165) is 17.7 Å². The molecule has 1 aliphatic rings. The van der Waals surface area contributed by atoms with Gasteiger partial charge in [-0.25, -0.2) is 0 Å². The van der Waals surface area contributed by atoms with Crippen molar-refractivity contribution in [2.45, 2.75) is 40.2 Å². The summed E-state index contributed by atoms with van der Waals surface area (Å²) in [4.78, 5) is 12.2. The molecule has 1 aromatic carbocycles. The third-order valence-electron chi connectivity index (χ3n) is 4.48. The molecule has 2 unspecified atom stereocenters. The van der Waals surface area contributed by atoms with Crippen LogP contribution in [0.1, 0.15) is 45.8 Å². The molecule has 1 saturated carbocycles. The Hall–Kier alpha value is -1.51. The second-order valence-electron chi connectivity index (χ2n) is 6.21. The minimum atomic E-state index is -0.326. The Morgan fingerprint density at radius 3 is 2.16 bits per heavy atom. The number of hydrogen-bond donors (Lipinski definition) is 0. The second-order valence-corrected chi connectivity index (χ2v) is 6.21. The van der Waals surface area contributed by atoms with Crippen LogP contribution in [0.25, 0.3) is 0 Å². The summed E-state index contributed by atoms with van der Waals surface area (Å²) in [6.45, 7) is 8.09. The summed E-state index contributed by atoms with van der Waals surface area (Å²) < 4.78 is 10.7. The van der Waals surface area contributed by atoms with Gasteiger partial charge in [0.1, 0.15) is 11.9 Å². The summed E-state index contributed by atoms with van der Waals surface area (Å²) in [5, 5.41) is 0. The first-order valence-corrected chi connectivity index (χ1v) is 6.65. The van der Waals surface area contributed by atoms with Crippen molar-refractivity contribution >= 4 is 5.97 Å². The van der Waals surface area contributed by atoms with Crippen LogP contribution >= 0.6 is 0 Å². The zero-order valence-corrected chi connectivity index (χ0v) is 12.3. The highest BCUT2D eigenvalue weighted by Crippen LogP contribution is 2.63. The Morgan fingerprint density at radius 2 is 1.74 bits per heavy atom. The van der Waals surface area contributed by atoms with Crippen LogP contribution in [0.4, 0.5) is 0 Å². The lowest BCUT2D eigenvalue weighted by atomic mass is 9.98. The van der Waals surface area contributed by atoms with Crippen molar-refractivity contribution in [1.29, 1.82) is 0 Å². The van der Waals surface area contributed by atoms with Crippen molar-refractivity contribution in [3.8, 4) is 5.75 Å². The average Bonchev–Trinajstić information content (AvgIpc) is 2.90. The fourth-order valence-electron chi connectivity index (χ4n) is 2.42.